The summed E-state index contributed by atoms with van der Waals surface area (Å²) in [4.78, 5) is 0. The second-order valence-electron chi connectivity index (χ2n) is 1.82. The van der Waals surface area contributed by atoms with Crippen molar-refractivity contribution in [3.63, 3.8) is 0 Å². The lowest BCUT2D eigenvalue weighted by Crippen LogP contribution is -1.92. The van der Waals surface area contributed by atoms with E-state index in [2.05, 4.69) is 6.58 Å². The molecule has 0 atom stereocenters. The summed E-state index contributed by atoms with van der Waals surface area (Å²) in [6.45, 7) is 5.22. The summed E-state index contributed by atoms with van der Waals surface area (Å²) < 4.78 is 0. The van der Waals surface area contributed by atoms with Crippen LogP contribution >= 0.6 is 23.2 Å². The zero-order chi connectivity index (χ0) is 8.15. The minimum absolute atomic E-state index is 0.00704. The third-order valence-electron chi connectivity index (χ3n) is 1.03. The smallest absolute Gasteiger partial charge is 0.125 e. The molecule has 0 heterocycles. The van der Waals surface area contributed by atoms with Gasteiger partial charge in [-0.25, -0.2) is 0 Å². The van der Waals surface area contributed by atoms with Crippen LogP contribution in [0, 0.1) is 5.41 Å². The van der Waals surface area contributed by atoms with Crippen molar-refractivity contribution in [3.8, 4) is 0 Å². The third kappa shape index (κ3) is 3.04. The predicted octanol–water partition coefficient (Wildman–Crippen LogP) is 3.29. The van der Waals surface area contributed by atoms with E-state index in [4.69, 9.17) is 28.6 Å². The summed E-state index contributed by atoms with van der Waals surface area (Å²) in [7, 11) is 0. The van der Waals surface area contributed by atoms with E-state index in [-0.39, 0.29) is 5.17 Å². The second kappa shape index (κ2) is 4.53. The number of hydrogen-bond donors (Lipinski definition) is 1. The van der Waals surface area contributed by atoms with Crippen LogP contribution in [-0.2, 0) is 0 Å². The fourth-order valence-electron chi connectivity index (χ4n) is 0.526. The second-order valence-corrected chi connectivity index (χ2v) is 2.76. The molecule has 0 radical (unpaired) electrons. The van der Waals surface area contributed by atoms with Crippen molar-refractivity contribution in [3.05, 3.63) is 23.3 Å². The molecule has 0 aromatic carbocycles. The molecule has 0 unspecified atom stereocenters. The Hall–Kier alpha value is -0.270. The van der Waals surface area contributed by atoms with Crippen LogP contribution in [0.15, 0.2) is 23.3 Å². The number of halogens is 2. The fourth-order valence-corrected chi connectivity index (χ4v) is 0.965. The molecule has 0 fully saturated rings. The molecule has 0 aliphatic carbocycles. The van der Waals surface area contributed by atoms with Gasteiger partial charge in [0, 0.05) is 10.6 Å². The van der Waals surface area contributed by atoms with Crippen molar-refractivity contribution < 1.29 is 0 Å². The van der Waals surface area contributed by atoms with E-state index in [0.29, 0.717) is 17.0 Å². The first kappa shape index (κ1) is 9.73. The molecule has 0 aliphatic rings. The Bertz CT molecular complexity index is 178. The molecule has 0 rings (SSSR count). The maximum atomic E-state index is 7.06. The molecule has 0 aromatic rings. The fraction of sp³-hybridized carbons (Fsp3) is 0.286. The number of hydrogen-bond acceptors (Lipinski definition) is 1. The quantitative estimate of drug-likeness (QED) is 0.506. The Labute approximate surface area is 70.8 Å². The summed E-state index contributed by atoms with van der Waals surface area (Å²) in [6.07, 6.45) is 2.22. The minimum atomic E-state index is -0.00704. The lowest BCUT2D eigenvalue weighted by atomic mass is 10.2. The first-order valence-electron chi connectivity index (χ1n) is 2.80. The Balaban J connectivity index is 4.42. The average Bonchev–Trinajstić information content (AvgIpc) is 1.81. The van der Waals surface area contributed by atoms with Crippen LogP contribution in [0.2, 0.25) is 0 Å². The van der Waals surface area contributed by atoms with Gasteiger partial charge < -0.3 is 0 Å². The van der Waals surface area contributed by atoms with Crippen molar-refractivity contribution in [2.75, 3.05) is 0 Å². The summed E-state index contributed by atoms with van der Waals surface area (Å²) in [5.41, 5.74) is 0.637. The molecule has 0 bridgehead atoms. The van der Waals surface area contributed by atoms with E-state index in [9.17, 15) is 0 Å². The first-order chi connectivity index (χ1) is 4.59. The van der Waals surface area contributed by atoms with Gasteiger partial charge in [-0.05, 0) is 13.3 Å². The van der Waals surface area contributed by atoms with Gasteiger partial charge in [0.1, 0.15) is 5.17 Å². The Kier molecular flexibility index (Phi) is 4.41. The minimum Gasteiger partial charge on any atom is -0.289 e. The van der Waals surface area contributed by atoms with Gasteiger partial charge in [-0.2, -0.15) is 0 Å². The van der Waals surface area contributed by atoms with Gasteiger partial charge in [0.15, 0.2) is 0 Å². The predicted molar refractivity (Wildman–Crippen MR) is 46.9 cm³/mol. The van der Waals surface area contributed by atoms with Crippen molar-refractivity contribution in [2.24, 2.45) is 0 Å². The van der Waals surface area contributed by atoms with Crippen molar-refractivity contribution >= 4 is 28.4 Å². The van der Waals surface area contributed by atoms with Crippen molar-refractivity contribution in [2.45, 2.75) is 13.3 Å². The Morgan fingerprint density at radius 1 is 1.60 bits per heavy atom. The topological polar surface area (TPSA) is 23.9 Å². The van der Waals surface area contributed by atoms with Crippen LogP contribution in [0.5, 0.6) is 0 Å². The molecular weight excluding hydrogens is 169 g/mol. The molecule has 0 amide bonds. The molecule has 1 nitrogen and oxygen atoms in total. The molecular formula is C7H9Cl2N. The zero-order valence-electron chi connectivity index (χ0n) is 5.75. The van der Waals surface area contributed by atoms with Crippen LogP contribution in [0.3, 0.4) is 0 Å². The SMILES string of the molecule is C=CC/C(C(=N)Cl)=C(/C)Cl. The van der Waals surface area contributed by atoms with Crippen molar-refractivity contribution in [1.82, 2.24) is 0 Å². The molecule has 3 heteroatoms. The summed E-state index contributed by atoms with van der Waals surface area (Å²) in [5, 5.41) is 7.61. The molecule has 56 valence electrons. The van der Waals surface area contributed by atoms with Crippen molar-refractivity contribution in [1.29, 1.82) is 5.41 Å². The van der Waals surface area contributed by atoms with Gasteiger partial charge in [-0.15, -0.1) is 6.58 Å². The molecule has 1 N–H and O–H groups in total. The maximum absolute atomic E-state index is 7.06. The largest absolute Gasteiger partial charge is 0.289 e. The monoisotopic (exact) mass is 177 g/mol. The van der Waals surface area contributed by atoms with E-state index < -0.39 is 0 Å². The van der Waals surface area contributed by atoms with Gasteiger partial charge in [0.2, 0.25) is 0 Å². The van der Waals surface area contributed by atoms with Gasteiger partial charge >= 0.3 is 0 Å². The highest BCUT2D eigenvalue weighted by Crippen LogP contribution is 2.15. The normalized spacial score (nSPS) is 12.3. The van der Waals surface area contributed by atoms with Crippen LogP contribution in [0.4, 0.5) is 0 Å². The Morgan fingerprint density at radius 2 is 2.10 bits per heavy atom. The molecule has 0 spiro atoms. The summed E-state index contributed by atoms with van der Waals surface area (Å²) >= 11 is 11.0. The lowest BCUT2D eigenvalue weighted by molar-refractivity contribution is 1.29. The van der Waals surface area contributed by atoms with E-state index in [1.807, 2.05) is 0 Å². The van der Waals surface area contributed by atoms with E-state index in [1.54, 1.807) is 13.0 Å². The van der Waals surface area contributed by atoms with Crippen LogP contribution in [0.25, 0.3) is 0 Å². The van der Waals surface area contributed by atoms with Crippen LogP contribution in [-0.4, -0.2) is 5.17 Å². The van der Waals surface area contributed by atoms with E-state index in [1.165, 1.54) is 0 Å². The highest BCUT2D eigenvalue weighted by molar-refractivity contribution is 6.69. The third-order valence-corrected chi connectivity index (χ3v) is 1.49. The highest BCUT2D eigenvalue weighted by Gasteiger charge is 2.02. The molecule has 0 saturated carbocycles. The Morgan fingerprint density at radius 3 is 2.20 bits per heavy atom. The summed E-state index contributed by atoms with van der Waals surface area (Å²) in [5.74, 6) is 0. The zero-order valence-corrected chi connectivity index (χ0v) is 7.26. The maximum Gasteiger partial charge on any atom is 0.125 e. The number of allylic oxidation sites excluding steroid dienone is 3. The van der Waals surface area contributed by atoms with Gasteiger partial charge in [-0.1, -0.05) is 29.3 Å². The van der Waals surface area contributed by atoms with Crippen LogP contribution < -0.4 is 0 Å². The molecule has 0 saturated heterocycles. The lowest BCUT2D eigenvalue weighted by Gasteiger charge is -1.99. The standard InChI is InChI=1S/C7H9Cl2N/c1-3-4-6(5(2)8)7(9)10/h3,10H,1,4H2,2H3/b6-5+,10-7?. The summed E-state index contributed by atoms with van der Waals surface area (Å²) in [6, 6.07) is 0. The first-order valence-corrected chi connectivity index (χ1v) is 3.55. The number of nitrogens with one attached hydrogen (secondary N) is 1. The van der Waals surface area contributed by atoms with Gasteiger partial charge in [0.05, 0.1) is 0 Å². The van der Waals surface area contributed by atoms with Gasteiger partial charge in [0.25, 0.3) is 0 Å². The van der Waals surface area contributed by atoms with Crippen LogP contribution in [0.1, 0.15) is 13.3 Å². The highest BCUT2D eigenvalue weighted by atomic mass is 35.5. The number of rotatable bonds is 3. The van der Waals surface area contributed by atoms with E-state index in [0.717, 1.165) is 0 Å². The molecule has 0 aliphatic heterocycles. The molecule has 0 aromatic heterocycles. The van der Waals surface area contributed by atoms with E-state index >= 15 is 0 Å². The molecule has 10 heavy (non-hydrogen) atoms. The van der Waals surface area contributed by atoms with Gasteiger partial charge in [-0.3, -0.25) is 5.41 Å². The average molecular weight is 178 g/mol.